The first-order chi connectivity index (χ1) is 18.2. The van der Waals surface area contributed by atoms with Crippen LogP contribution in [0.4, 0.5) is 11.4 Å². The largest absolute Gasteiger partial charge is 0.493 e. The van der Waals surface area contributed by atoms with Gasteiger partial charge in [0.1, 0.15) is 17.5 Å². The van der Waals surface area contributed by atoms with Gasteiger partial charge in [-0.2, -0.15) is 4.37 Å². The van der Waals surface area contributed by atoms with Gasteiger partial charge in [-0.15, -0.1) is 0 Å². The van der Waals surface area contributed by atoms with Crippen molar-refractivity contribution in [2.24, 2.45) is 5.73 Å². The molecule has 0 unspecified atom stereocenters. The number of carbonyl (C=O) groups excluding carboxylic acids is 4. The zero-order chi connectivity index (χ0) is 27.8. The predicted octanol–water partition coefficient (Wildman–Crippen LogP) is 1.91. The number of nitrogens with one attached hydrogen (secondary N) is 1. The average molecular weight is 542 g/mol. The molecule has 0 bridgehead atoms. The van der Waals surface area contributed by atoms with E-state index in [0.717, 1.165) is 0 Å². The molecule has 200 valence electrons. The van der Waals surface area contributed by atoms with E-state index in [4.69, 9.17) is 25.7 Å². The molecule has 0 saturated carbocycles. The van der Waals surface area contributed by atoms with E-state index in [2.05, 4.69) is 9.69 Å². The Kier molecular flexibility index (Phi) is 9.22. The zero-order valence-electron chi connectivity index (χ0n) is 20.9. The summed E-state index contributed by atoms with van der Waals surface area (Å²) in [5.74, 6) is -2.25. The number of nitrogen functional groups attached to an aromatic ring is 1. The van der Waals surface area contributed by atoms with E-state index in [1.807, 2.05) is 0 Å². The number of primary amides is 1. The minimum atomic E-state index is -1.32. The molecule has 0 aliphatic carbocycles. The molecule has 1 aromatic heterocycles. The number of methoxy groups -OCH3 is 2. The Bertz CT molecular complexity index is 1330. The molecule has 0 fully saturated rings. The van der Waals surface area contributed by atoms with Crippen LogP contribution in [0.3, 0.4) is 0 Å². The topological polar surface area (TPSA) is 176 Å². The Morgan fingerprint density at radius 1 is 1.05 bits per heavy atom. The van der Waals surface area contributed by atoms with Crippen LogP contribution < -0.4 is 31.2 Å². The first-order valence-corrected chi connectivity index (χ1v) is 12.1. The van der Waals surface area contributed by atoms with Gasteiger partial charge in [0.2, 0.25) is 5.91 Å². The molecule has 1 atom stereocenters. The maximum Gasteiger partial charge on any atom is 0.325 e. The molecular weight excluding hydrogens is 514 g/mol. The lowest BCUT2D eigenvalue weighted by Crippen LogP contribution is -2.45. The Balaban J connectivity index is 2.19. The Morgan fingerprint density at radius 2 is 1.74 bits per heavy atom. The van der Waals surface area contributed by atoms with Crippen LogP contribution in [-0.4, -0.2) is 55.4 Å². The van der Waals surface area contributed by atoms with Crippen molar-refractivity contribution in [2.75, 3.05) is 38.0 Å². The van der Waals surface area contributed by atoms with Gasteiger partial charge in [-0.05, 0) is 48.3 Å². The van der Waals surface area contributed by atoms with Gasteiger partial charge >= 0.3 is 5.97 Å². The van der Waals surface area contributed by atoms with Crippen molar-refractivity contribution < 1.29 is 33.4 Å². The molecule has 0 radical (unpaired) electrons. The van der Waals surface area contributed by atoms with Gasteiger partial charge in [0, 0.05) is 5.69 Å². The summed E-state index contributed by atoms with van der Waals surface area (Å²) < 4.78 is 19.5. The quantitative estimate of drug-likeness (QED) is 0.306. The summed E-state index contributed by atoms with van der Waals surface area (Å²) in [6.07, 6.45) is 0. The normalized spacial score (nSPS) is 11.2. The summed E-state index contributed by atoms with van der Waals surface area (Å²) in [4.78, 5) is 52.4. The van der Waals surface area contributed by atoms with E-state index >= 15 is 0 Å². The third-order valence-corrected chi connectivity index (χ3v) is 6.20. The molecule has 0 aliphatic heterocycles. The zero-order valence-corrected chi connectivity index (χ0v) is 21.7. The lowest BCUT2D eigenvalue weighted by atomic mass is 10.0. The van der Waals surface area contributed by atoms with Crippen LogP contribution in [0.25, 0.3) is 0 Å². The maximum absolute atomic E-state index is 14.0. The van der Waals surface area contributed by atoms with Crippen molar-refractivity contribution in [2.45, 2.75) is 13.0 Å². The van der Waals surface area contributed by atoms with Gasteiger partial charge in [-0.25, -0.2) is 0 Å². The van der Waals surface area contributed by atoms with Crippen LogP contribution in [0.2, 0.25) is 0 Å². The molecule has 5 N–H and O–H groups in total. The summed E-state index contributed by atoms with van der Waals surface area (Å²) in [6, 6.07) is 11.7. The fraction of sp³-hybridized carbons (Fsp3) is 0.240. The van der Waals surface area contributed by atoms with Crippen molar-refractivity contribution in [1.29, 1.82) is 0 Å². The van der Waals surface area contributed by atoms with Crippen LogP contribution >= 0.6 is 11.5 Å². The van der Waals surface area contributed by atoms with Gasteiger partial charge in [-0.3, -0.25) is 24.1 Å². The molecule has 13 heteroatoms. The van der Waals surface area contributed by atoms with Crippen molar-refractivity contribution in [1.82, 2.24) is 9.69 Å². The molecule has 1 heterocycles. The molecule has 3 aromatic rings. The van der Waals surface area contributed by atoms with Gasteiger partial charge in [0.25, 0.3) is 11.8 Å². The standard InChI is InChI=1S/C25H27N5O7S/c1-4-37-18(31)13-28-24(33)21(14-10-11-16(35-2)17(12-14)36-3)30(15-8-6-5-7-9-15)25(34)22-19(26)20(23(27)32)29-38-22/h5-12,21H,4,13,26H2,1-3H3,(H2,27,32)(H,28,33)/t21-/m0/s1. The van der Waals surface area contributed by atoms with Crippen LogP contribution in [-0.2, 0) is 14.3 Å². The SMILES string of the molecule is CCOC(=O)CNC(=O)[C@H](c1ccc(OC)c(OC)c1)N(C(=O)c1snc(C(N)=O)c1N)c1ccccc1. The fourth-order valence-electron chi connectivity index (χ4n) is 3.62. The number of hydrogen-bond donors (Lipinski definition) is 3. The van der Waals surface area contributed by atoms with Gasteiger partial charge in [0.05, 0.1) is 26.5 Å². The second-order valence-electron chi connectivity index (χ2n) is 7.69. The minimum absolute atomic E-state index is 0.0914. The van der Waals surface area contributed by atoms with Crippen molar-refractivity contribution in [3.63, 3.8) is 0 Å². The smallest absolute Gasteiger partial charge is 0.325 e. The number of nitrogens with zero attached hydrogens (tertiary/aromatic N) is 2. The van der Waals surface area contributed by atoms with Gasteiger partial charge in [-0.1, -0.05) is 24.3 Å². The number of hydrogen-bond acceptors (Lipinski definition) is 10. The monoisotopic (exact) mass is 541 g/mol. The van der Waals surface area contributed by atoms with E-state index in [1.165, 1.54) is 19.1 Å². The first kappa shape index (κ1) is 27.9. The highest BCUT2D eigenvalue weighted by Crippen LogP contribution is 2.36. The third kappa shape index (κ3) is 6.00. The Morgan fingerprint density at radius 3 is 2.32 bits per heavy atom. The molecule has 2 aromatic carbocycles. The summed E-state index contributed by atoms with van der Waals surface area (Å²) in [6.45, 7) is 1.35. The minimum Gasteiger partial charge on any atom is -0.493 e. The molecule has 12 nitrogen and oxygen atoms in total. The number of benzene rings is 2. The number of aromatic nitrogens is 1. The average Bonchev–Trinajstić information content (AvgIpc) is 3.31. The Labute approximate surface area is 222 Å². The number of carbonyl (C=O) groups is 4. The van der Waals surface area contributed by atoms with Crippen LogP contribution in [0, 0.1) is 0 Å². The van der Waals surface area contributed by atoms with Gasteiger partial charge < -0.3 is 31.0 Å². The summed E-state index contributed by atoms with van der Waals surface area (Å²) in [5, 5.41) is 2.53. The first-order valence-electron chi connectivity index (χ1n) is 11.3. The van der Waals surface area contributed by atoms with Crippen molar-refractivity contribution in [3.8, 4) is 11.5 Å². The molecule has 3 rings (SSSR count). The molecule has 0 aliphatic rings. The Hall–Kier alpha value is -4.65. The molecule has 3 amide bonds. The summed E-state index contributed by atoms with van der Waals surface area (Å²) in [7, 11) is 2.89. The lowest BCUT2D eigenvalue weighted by molar-refractivity contribution is -0.143. The van der Waals surface area contributed by atoms with Crippen LogP contribution in [0.15, 0.2) is 48.5 Å². The highest BCUT2D eigenvalue weighted by molar-refractivity contribution is 7.09. The van der Waals surface area contributed by atoms with Gasteiger partial charge in [0.15, 0.2) is 17.2 Å². The predicted molar refractivity (Wildman–Crippen MR) is 140 cm³/mol. The van der Waals surface area contributed by atoms with E-state index in [0.29, 0.717) is 34.3 Å². The van der Waals surface area contributed by atoms with Crippen LogP contribution in [0.1, 0.15) is 38.7 Å². The van der Waals surface area contributed by atoms with Crippen molar-refractivity contribution in [3.05, 3.63) is 64.7 Å². The highest BCUT2D eigenvalue weighted by Gasteiger charge is 2.36. The van der Waals surface area contributed by atoms with Crippen molar-refractivity contribution >= 4 is 46.6 Å². The molecule has 38 heavy (non-hydrogen) atoms. The summed E-state index contributed by atoms with van der Waals surface area (Å²) in [5.41, 5.74) is 11.6. The third-order valence-electron chi connectivity index (χ3n) is 5.35. The number of esters is 1. The number of nitrogens with two attached hydrogens (primary N) is 2. The fourth-order valence-corrected chi connectivity index (χ4v) is 4.36. The second-order valence-corrected chi connectivity index (χ2v) is 8.46. The number of para-hydroxylation sites is 1. The number of ether oxygens (including phenoxy) is 3. The highest BCUT2D eigenvalue weighted by atomic mass is 32.1. The molecule has 0 saturated heterocycles. The van der Waals surface area contributed by atoms with E-state index < -0.39 is 36.3 Å². The maximum atomic E-state index is 14.0. The number of anilines is 2. The molecule has 0 spiro atoms. The summed E-state index contributed by atoms with van der Waals surface area (Å²) >= 11 is 0.681. The number of rotatable bonds is 11. The van der Waals surface area contributed by atoms with Crippen LogP contribution in [0.5, 0.6) is 11.5 Å². The molecular formula is C25H27N5O7S. The lowest BCUT2D eigenvalue weighted by Gasteiger charge is -2.31. The van der Waals surface area contributed by atoms with E-state index in [9.17, 15) is 19.2 Å². The van der Waals surface area contributed by atoms with E-state index in [1.54, 1.807) is 55.5 Å². The number of amides is 3. The second kappa shape index (κ2) is 12.5. The van der Waals surface area contributed by atoms with E-state index in [-0.39, 0.29) is 22.9 Å².